The number of hydrogen-bond donors (Lipinski definition) is 6. The molecule has 0 bridgehead atoms. The molecule has 6 N–H and O–H groups in total. The van der Waals surface area contributed by atoms with Crippen LogP contribution in [0.5, 0.6) is 0 Å². The molecule has 8 atom stereocenters. The van der Waals surface area contributed by atoms with Gasteiger partial charge in [0.25, 0.3) is 0 Å². The second-order valence-electron chi connectivity index (χ2n) is 22.8. The van der Waals surface area contributed by atoms with Crippen molar-refractivity contribution in [1.29, 1.82) is 0 Å². The van der Waals surface area contributed by atoms with E-state index in [0.29, 0.717) is 12.8 Å². The van der Waals surface area contributed by atoms with Crippen molar-refractivity contribution < 1.29 is 49.3 Å². The minimum Gasteiger partial charge on any atom is -0.454 e. The van der Waals surface area contributed by atoms with Gasteiger partial charge in [0.15, 0.2) is 12.4 Å². The molecule has 0 aromatic carbocycles. The molecule has 1 aliphatic rings. The maximum atomic E-state index is 13.4. The second kappa shape index (κ2) is 55.2. The van der Waals surface area contributed by atoms with E-state index in [1.807, 2.05) is 18.2 Å². The van der Waals surface area contributed by atoms with Crippen LogP contribution < -0.4 is 5.32 Å². The summed E-state index contributed by atoms with van der Waals surface area (Å²) in [7, 11) is 0. The Kier molecular flexibility index (Phi) is 52.1. The molecule has 1 heterocycles. The molecule has 11 nitrogen and oxygen atoms in total. The quantitative estimate of drug-likeness (QED) is 0.0195. The molecule has 0 radical (unpaired) electrons. The van der Waals surface area contributed by atoms with E-state index < -0.39 is 67.4 Å². The minimum atomic E-state index is -1.63. The summed E-state index contributed by atoms with van der Waals surface area (Å²) in [4.78, 5) is 26.5. The van der Waals surface area contributed by atoms with Crippen molar-refractivity contribution in [2.24, 2.45) is 0 Å². The van der Waals surface area contributed by atoms with Gasteiger partial charge < -0.3 is 45.1 Å². The van der Waals surface area contributed by atoms with E-state index in [-0.39, 0.29) is 19.4 Å². The van der Waals surface area contributed by atoms with E-state index in [4.69, 9.17) is 14.2 Å². The molecule has 1 aliphatic heterocycles. The van der Waals surface area contributed by atoms with Gasteiger partial charge in [-0.25, -0.2) is 0 Å². The lowest BCUT2D eigenvalue weighted by Gasteiger charge is -2.41. The number of allylic oxidation sites excluding steroid dienone is 7. The van der Waals surface area contributed by atoms with Crippen molar-refractivity contribution in [2.45, 2.75) is 352 Å². The lowest BCUT2D eigenvalue weighted by molar-refractivity contribution is -0.305. The highest BCUT2D eigenvalue weighted by molar-refractivity contribution is 5.80. The average molecular weight is 1100 g/mol. The first-order valence-electron chi connectivity index (χ1n) is 32.9. The van der Waals surface area contributed by atoms with Crippen LogP contribution in [0.2, 0.25) is 0 Å². The van der Waals surface area contributed by atoms with E-state index in [9.17, 15) is 35.1 Å². The van der Waals surface area contributed by atoms with Crippen LogP contribution in [0.3, 0.4) is 0 Å². The first-order valence-corrected chi connectivity index (χ1v) is 32.9. The Morgan fingerprint density at radius 2 is 0.885 bits per heavy atom. The molecule has 1 fully saturated rings. The topological polar surface area (TPSA) is 175 Å². The minimum absolute atomic E-state index is 0.0188. The zero-order chi connectivity index (χ0) is 56.8. The first-order chi connectivity index (χ1) is 38.2. The fourth-order valence-electron chi connectivity index (χ4n) is 10.2. The zero-order valence-corrected chi connectivity index (χ0v) is 50.5. The third kappa shape index (κ3) is 42.5. The fraction of sp³-hybridized carbons (Fsp3) is 0.851. The van der Waals surface area contributed by atoms with Gasteiger partial charge in [0, 0.05) is 6.42 Å². The third-order valence-corrected chi connectivity index (χ3v) is 15.5. The largest absolute Gasteiger partial charge is 0.454 e. The summed E-state index contributed by atoms with van der Waals surface area (Å²) in [5, 5.41) is 57.0. The molecule has 1 amide bonds. The van der Waals surface area contributed by atoms with Crippen molar-refractivity contribution in [1.82, 2.24) is 5.32 Å². The summed E-state index contributed by atoms with van der Waals surface area (Å²) in [6.45, 7) is 5.76. The van der Waals surface area contributed by atoms with Gasteiger partial charge in [-0.3, -0.25) is 9.59 Å². The zero-order valence-electron chi connectivity index (χ0n) is 50.5. The Labute approximate surface area is 478 Å². The van der Waals surface area contributed by atoms with Crippen molar-refractivity contribution in [3.63, 3.8) is 0 Å². The normalized spacial score (nSPS) is 19.2. The molecule has 11 heteroatoms. The molecule has 1 saturated heterocycles. The third-order valence-electron chi connectivity index (χ3n) is 15.5. The molecule has 0 aromatic heterocycles. The molecule has 0 aromatic rings. The van der Waals surface area contributed by atoms with Crippen LogP contribution in [0.4, 0.5) is 0 Å². The van der Waals surface area contributed by atoms with Crippen LogP contribution in [-0.4, -0.2) is 99.6 Å². The number of aliphatic hydroxyl groups is 5. The number of carbonyl (C=O) groups is 2. The maximum Gasteiger partial charge on any atom is 0.306 e. The Morgan fingerprint density at radius 3 is 1.32 bits per heavy atom. The summed E-state index contributed by atoms with van der Waals surface area (Å²) >= 11 is 0. The SMILES string of the molecule is CCCCCCCC/C=C\C/C=C/CCC(=O)OC1C(OCC(NC(=O)C(O)CCCCCCCCCCCCCCCC/C=C/CCCCCCCC)C(O)/C=C/CCCCCCCCCCCC)OC(CO)C(O)C1O. The highest BCUT2D eigenvalue weighted by atomic mass is 16.7. The van der Waals surface area contributed by atoms with Crippen LogP contribution in [0.25, 0.3) is 0 Å². The lowest BCUT2D eigenvalue weighted by Crippen LogP contribution is -2.61. The van der Waals surface area contributed by atoms with Crippen LogP contribution in [0, 0.1) is 0 Å². The number of amides is 1. The van der Waals surface area contributed by atoms with Gasteiger partial charge in [0.2, 0.25) is 5.91 Å². The van der Waals surface area contributed by atoms with Gasteiger partial charge in [-0.1, -0.05) is 275 Å². The average Bonchev–Trinajstić information content (AvgIpc) is 3.44. The Bertz CT molecular complexity index is 1450. The molecule has 0 spiro atoms. The van der Waals surface area contributed by atoms with Crippen LogP contribution in [0.15, 0.2) is 48.6 Å². The Hall–Kier alpha value is -2.38. The predicted octanol–water partition coefficient (Wildman–Crippen LogP) is 16.0. The van der Waals surface area contributed by atoms with Crippen LogP contribution in [0.1, 0.15) is 303 Å². The summed E-state index contributed by atoms with van der Waals surface area (Å²) in [5.74, 6) is -1.26. The van der Waals surface area contributed by atoms with E-state index >= 15 is 0 Å². The highest BCUT2D eigenvalue weighted by Gasteiger charge is 2.47. The van der Waals surface area contributed by atoms with Crippen LogP contribution in [-0.2, 0) is 23.8 Å². The number of rotatable bonds is 56. The number of esters is 1. The number of hydrogen-bond acceptors (Lipinski definition) is 10. The van der Waals surface area contributed by atoms with Crippen LogP contribution >= 0.6 is 0 Å². The van der Waals surface area contributed by atoms with Gasteiger partial charge in [0.1, 0.15) is 24.4 Å². The molecule has 0 aliphatic carbocycles. The molecular weight excluding hydrogens is 979 g/mol. The van der Waals surface area contributed by atoms with Gasteiger partial charge >= 0.3 is 5.97 Å². The van der Waals surface area contributed by atoms with Crippen molar-refractivity contribution in [2.75, 3.05) is 13.2 Å². The molecule has 0 saturated carbocycles. The number of carbonyl (C=O) groups excluding carboxylic acids is 2. The van der Waals surface area contributed by atoms with Crippen molar-refractivity contribution in [3.8, 4) is 0 Å². The number of aliphatic hydroxyl groups excluding tert-OH is 5. The van der Waals surface area contributed by atoms with Crippen molar-refractivity contribution >= 4 is 11.9 Å². The highest BCUT2D eigenvalue weighted by Crippen LogP contribution is 2.26. The van der Waals surface area contributed by atoms with Crippen molar-refractivity contribution in [3.05, 3.63) is 48.6 Å². The molecule has 1 rings (SSSR count). The number of unbranched alkanes of at least 4 members (excludes halogenated alkanes) is 36. The van der Waals surface area contributed by atoms with Gasteiger partial charge in [0.05, 0.1) is 25.4 Å². The van der Waals surface area contributed by atoms with E-state index in [2.05, 4.69) is 50.4 Å². The summed E-state index contributed by atoms with van der Waals surface area (Å²) in [6, 6.07) is -1.03. The molecule has 456 valence electrons. The maximum absolute atomic E-state index is 13.4. The van der Waals surface area contributed by atoms with Gasteiger partial charge in [-0.15, -0.1) is 0 Å². The molecular formula is C67H123NO10. The summed E-state index contributed by atoms with van der Waals surface area (Å²) in [6.07, 6.45) is 57.5. The predicted molar refractivity (Wildman–Crippen MR) is 324 cm³/mol. The lowest BCUT2D eigenvalue weighted by atomic mass is 9.99. The van der Waals surface area contributed by atoms with Gasteiger partial charge in [-0.05, 0) is 70.6 Å². The monoisotopic (exact) mass is 1100 g/mol. The fourth-order valence-corrected chi connectivity index (χ4v) is 10.2. The van der Waals surface area contributed by atoms with E-state index in [0.717, 1.165) is 51.4 Å². The molecule has 8 unspecified atom stereocenters. The first kappa shape index (κ1) is 73.6. The van der Waals surface area contributed by atoms with E-state index in [1.54, 1.807) is 6.08 Å². The summed E-state index contributed by atoms with van der Waals surface area (Å²) < 4.78 is 17.5. The van der Waals surface area contributed by atoms with E-state index in [1.165, 1.54) is 205 Å². The standard InChI is InChI=1S/C67H123NO10/c1-4-7-10-13-16-19-22-25-26-27-28-29-30-31-32-33-34-35-37-39-42-45-48-51-54-60(71)66(75)68-58(59(70)53-50-47-44-41-38-24-21-18-15-12-9-6-3)57-76-67-65(64(74)63(73)61(56-69)77-67)78-62(72)55-52-49-46-43-40-36-23-20-17-14-11-8-5-2/h25-26,36,40,46,49-50,53,58-61,63-65,67,69-71,73-74H,4-24,27-35,37-39,41-45,47-48,51-52,54-57H2,1-3H3,(H,68,75)/b26-25+,40-36-,49-46+,53-50+. The number of nitrogens with one attached hydrogen (secondary N) is 1. The Balaban J connectivity index is 2.61. The Morgan fingerprint density at radius 1 is 0.500 bits per heavy atom. The smallest absolute Gasteiger partial charge is 0.306 e. The number of ether oxygens (including phenoxy) is 3. The second-order valence-corrected chi connectivity index (χ2v) is 22.8. The molecule has 78 heavy (non-hydrogen) atoms. The summed E-state index contributed by atoms with van der Waals surface area (Å²) in [5.41, 5.74) is 0. The van der Waals surface area contributed by atoms with Gasteiger partial charge in [-0.2, -0.15) is 0 Å².